The zero-order chi connectivity index (χ0) is 14.5. The van der Waals surface area contributed by atoms with Crippen LogP contribution in [-0.2, 0) is 13.1 Å². The summed E-state index contributed by atoms with van der Waals surface area (Å²) in [7, 11) is 1.62. The number of hydrogen-bond acceptors (Lipinski definition) is 2. The molecule has 0 radical (unpaired) electrons. The maximum atomic E-state index is 13.0. The summed E-state index contributed by atoms with van der Waals surface area (Å²) in [5.74, 6) is 0.555. The van der Waals surface area contributed by atoms with Crippen molar-refractivity contribution < 1.29 is 9.13 Å². The number of nitrogens with one attached hydrogen (secondary N) is 1. The molecule has 0 bridgehead atoms. The van der Waals surface area contributed by atoms with Crippen molar-refractivity contribution in [2.24, 2.45) is 0 Å². The first-order chi connectivity index (χ1) is 9.61. The first-order valence-electron chi connectivity index (χ1n) is 6.39. The number of hydrogen-bond donors (Lipinski definition) is 1. The van der Waals surface area contributed by atoms with E-state index in [0.29, 0.717) is 18.1 Å². The molecule has 0 fully saturated rings. The maximum Gasteiger partial charge on any atom is 0.124 e. The first-order valence-corrected chi connectivity index (χ1v) is 6.76. The average Bonchev–Trinajstić information content (AvgIpc) is 2.42. The Balaban J connectivity index is 2.03. The van der Waals surface area contributed by atoms with Gasteiger partial charge >= 0.3 is 0 Å². The number of ether oxygens (including phenoxy) is 1. The lowest BCUT2D eigenvalue weighted by Gasteiger charge is -2.12. The summed E-state index contributed by atoms with van der Waals surface area (Å²) in [6.07, 6.45) is 0. The molecule has 1 N–H and O–H groups in total. The van der Waals surface area contributed by atoms with Gasteiger partial charge in [0.25, 0.3) is 0 Å². The van der Waals surface area contributed by atoms with E-state index < -0.39 is 0 Å². The summed E-state index contributed by atoms with van der Waals surface area (Å²) in [6.45, 7) is 3.15. The third-order valence-electron chi connectivity index (χ3n) is 3.22. The predicted octanol–water partition coefficient (Wildman–Crippen LogP) is 4.09. The first kappa shape index (κ1) is 14.8. The second kappa shape index (κ2) is 6.73. The molecule has 0 aliphatic rings. The summed E-state index contributed by atoms with van der Waals surface area (Å²) in [6, 6.07) is 10.4. The molecule has 0 saturated heterocycles. The van der Waals surface area contributed by atoms with Crippen molar-refractivity contribution in [3.63, 3.8) is 0 Å². The molecule has 2 aromatic rings. The van der Waals surface area contributed by atoms with Crippen LogP contribution in [0.15, 0.2) is 36.4 Å². The Morgan fingerprint density at radius 2 is 2.00 bits per heavy atom. The molecule has 0 aromatic heterocycles. The van der Waals surface area contributed by atoms with Gasteiger partial charge in [-0.15, -0.1) is 0 Å². The lowest BCUT2D eigenvalue weighted by molar-refractivity contribution is 0.407. The van der Waals surface area contributed by atoms with Crippen LogP contribution < -0.4 is 10.1 Å². The maximum absolute atomic E-state index is 13.0. The zero-order valence-electron chi connectivity index (χ0n) is 11.5. The average molecular weight is 294 g/mol. The third-order valence-corrected chi connectivity index (χ3v) is 3.57. The molecule has 0 aliphatic heterocycles. The molecule has 0 atom stereocenters. The topological polar surface area (TPSA) is 21.3 Å². The molecular weight excluding hydrogens is 277 g/mol. The Bertz CT molecular complexity index is 601. The van der Waals surface area contributed by atoms with Crippen LogP contribution in [0.3, 0.4) is 0 Å². The second-order valence-corrected chi connectivity index (χ2v) is 5.00. The number of halogens is 2. The van der Waals surface area contributed by atoms with E-state index in [1.807, 2.05) is 25.1 Å². The number of benzene rings is 2. The zero-order valence-corrected chi connectivity index (χ0v) is 12.3. The number of rotatable bonds is 5. The highest BCUT2D eigenvalue weighted by Gasteiger charge is 2.07. The van der Waals surface area contributed by atoms with Crippen LogP contribution in [-0.4, -0.2) is 7.11 Å². The van der Waals surface area contributed by atoms with Crippen molar-refractivity contribution >= 4 is 11.6 Å². The fourth-order valence-electron chi connectivity index (χ4n) is 2.08. The van der Waals surface area contributed by atoms with E-state index in [2.05, 4.69) is 5.32 Å². The minimum atomic E-state index is -0.209. The van der Waals surface area contributed by atoms with Crippen molar-refractivity contribution in [2.45, 2.75) is 20.0 Å². The van der Waals surface area contributed by atoms with Crippen LogP contribution in [0.2, 0.25) is 5.02 Å². The van der Waals surface area contributed by atoms with Gasteiger partial charge < -0.3 is 10.1 Å². The molecule has 2 nitrogen and oxygen atoms in total. The van der Waals surface area contributed by atoms with Crippen molar-refractivity contribution in [3.05, 3.63) is 63.9 Å². The Morgan fingerprint density at radius 1 is 1.20 bits per heavy atom. The predicted molar refractivity (Wildman–Crippen MR) is 79.7 cm³/mol. The molecule has 4 heteroatoms. The van der Waals surface area contributed by atoms with Gasteiger partial charge in [0.1, 0.15) is 11.6 Å². The Hall–Kier alpha value is -1.58. The Labute approximate surface area is 123 Å². The highest BCUT2D eigenvalue weighted by Crippen LogP contribution is 2.26. The molecule has 0 aliphatic carbocycles. The van der Waals surface area contributed by atoms with Gasteiger partial charge in [0.15, 0.2) is 0 Å². The fourth-order valence-corrected chi connectivity index (χ4v) is 2.31. The van der Waals surface area contributed by atoms with Crippen LogP contribution in [0.4, 0.5) is 4.39 Å². The summed E-state index contributed by atoms with van der Waals surface area (Å²) in [5, 5.41) is 3.98. The van der Waals surface area contributed by atoms with Gasteiger partial charge in [-0.1, -0.05) is 23.7 Å². The molecule has 2 aromatic carbocycles. The van der Waals surface area contributed by atoms with Crippen molar-refractivity contribution in [3.8, 4) is 5.75 Å². The Kier molecular flexibility index (Phi) is 4.99. The standard InChI is InChI=1S/C16H17ClFNO/c1-11-8-13(18)7-6-12(11)9-19-10-14-15(17)4-3-5-16(14)20-2/h3-8,19H,9-10H2,1-2H3. The minimum absolute atomic E-state index is 0.209. The van der Waals surface area contributed by atoms with Crippen LogP contribution >= 0.6 is 11.6 Å². The van der Waals surface area contributed by atoms with Crippen LogP contribution in [0.1, 0.15) is 16.7 Å². The van der Waals surface area contributed by atoms with Gasteiger partial charge in [-0.05, 0) is 42.3 Å². The molecule has 0 spiro atoms. The van der Waals surface area contributed by atoms with Gasteiger partial charge in [0, 0.05) is 23.7 Å². The van der Waals surface area contributed by atoms with Crippen LogP contribution in [0.5, 0.6) is 5.75 Å². The monoisotopic (exact) mass is 293 g/mol. The smallest absolute Gasteiger partial charge is 0.124 e. The summed E-state index contributed by atoms with van der Waals surface area (Å²) in [5.41, 5.74) is 2.93. The summed E-state index contributed by atoms with van der Waals surface area (Å²) >= 11 is 6.17. The lowest BCUT2D eigenvalue weighted by atomic mass is 10.1. The van der Waals surface area contributed by atoms with E-state index >= 15 is 0 Å². The van der Waals surface area contributed by atoms with Crippen molar-refractivity contribution in [1.82, 2.24) is 5.32 Å². The van der Waals surface area contributed by atoms with Crippen LogP contribution in [0, 0.1) is 12.7 Å². The SMILES string of the molecule is COc1cccc(Cl)c1CNCc1ccc(F)cc1C. The van der Waals surface area contributed by atoms with Crippen molar-refractivity contribution in [2.75, 3.05) is 7.11 Å². The number of methoxy groups -OCH3 is 1. The molecule has 0 heterocycles. The van der Waals surface area contributed by atoms with Crippen molar-refractivity contribution in [1.29, 1.82) is 0 Å². The highest BCUT2D eigenvalue weighted by molar-refractivity contribution is 6.31. The number of aryl methyl sites for hydroxylation is 1. The summed E-state index contributed by atoms with van der Waals surface area (Å²) < 4.78 is 18.3. The van der Waals surface area contributed by atoms with E-state index in [9.17, 15) is 4.39 Å². The third kappa shape index (κ3) is 3.50. The molecule has 0 unspecified atom stereocenters. The fraction of sp³-hybridized carbons (Fsp3) is 0.250. The van der Waals surface area contributed by atoms with Gasteiger partial charge in [0.2, 0.25) is 0 Å². The lowest BCUT2D eigenvalue weighted by Crippen LogP contribution is -2.14. The molecule has 2 rings (SSSR count). The van der Waals surface area contributed by atoms with E-state index in [1.54, 1.807) is 13.2 Å². The van der Waals surface area contributed by atoms with Gasteiger partial charge in [-0.3, -0.25) is 0 Å². The molecule has 20 heavy (non-hydrogen) atoms. The normalized spacial score (nSPS) is 10.6. The highest BCUT2D eigenvalue weighted by atomic mass is 35.5. The molecule has 0 saturated carbocycles. The Morgan fingerprint density at radius 3 is 2.70 bits per heavy atom. The van der Waals surface area contributed by atoms with E-state index in [1.165, 1.54) is 12.1 Å². The van der Waals surface area contributed by atoms with E-state index in [4.69, 9.17) is 16.3 Å². The summed E-state index contributed by atoms with van der Waals surface area (Å²) in [4.78, 5) is 0. The van der Waals surface area contributed by atoms with Gasteiger partial charge in [0.05, 0.1) is 7.11 Å². The van der Waals surface area contributed by atoms with E-state index in [0.717, 1.165) is 22.4 Å². The van der Waals surface area contributed by atoms with Gasteiger partial charge in [-0.25, -0.2) is 4.39 Å². The molecular formula is C16H17ClFNO. The van der Waals surface area contributed by atoms with Crippen LogP contribution in [0.25, 0.3) is 0 Å². The minimum Gasteiger partial charge on any atom is -0.496 e. The van der Waals surface area contributed by atoms with E-state index in [-0.39, 0.29) is 5.82 Å². The molecule has 0 amide bonds. The second-order valence-electron chi connectivity index (χ2n) is 4.60. The quantitative estimate of drug-likeness (QED) is 0.896. The van der Waals surface area contributed by atoms with Gasteiger partial charge in [-0.2, -0.15) is 0 Å². The molecule has 106 valence electrons. The largest absolute Gasteiger partial charge is 0.496 e.